The summed E-state index contributed by atoms with van der Waals surface area (Å²) >= 11 is 0. The fourth-order valence-electron chi connectivity index (χ4n) is 3.26. The van der Waals surface area contributed by atoms with Crippen molar-refractivity contribution in [3.63, 3.8) is 0 Å². The van der Waals surface area contributed by atoms with E-state index in [-0.39, 0.29) is 5.91 Å². The first-order valence-electron chi connectivity index (χ1n) is 8.19. The number of hydrogen-bond acceptors (Lipinski definition) is 3. The number of aromatic nitrogens is 4. The summed E-state index contributed by atoms with van der Waals surface area (Å²) in [4.78, 5) is 27.7. The molecule has 4 aromatic rings. The Bertz CT molecular complexity index is 1070. The number of aromatic amines is 2. The third kappa shape index (κ3) is 2.30. The fourth-order valence-corrected chi connectivity index (χ4v) is 3.26. The van der Waals surface area contributed by atoms with Gasteiger partial charge in [0, 0.05) is 35.8 Å². The van der Waals surface area contributed by atoms with Crippen LogP contribution in [0.1, 0.15) is 16.1 Å². The molecule has 1 aromatic carbocycles. The molecular formula is C19H15N5O. The lowest BCUT2D eigenvalue weighted by molar-refractivity contribution is 0.0946. The van der Waals surface area contributed by atoms with Gasteiger partial charge >= 0.3 is 0 Å². The molecule has 3 aromatic heterocycles. The van der Waals surface area contributed by atoms with E-state index in [9.17, 15) is 4.79 Å². The zero-order valence-corrected chi connectivity index (χ0v) is 13.3. The first-order chi connectivity index (χ1) is 12.3. The molecule has 3 N–H and O–H groups in total. The smallest absolute Gasteiger partial charge is 0.253 e. The molecule has 1 aliphatic rings. The molecule has 0 saturated heterocycles. The molecular weight excluding hydrogens is 314 g/mol. The molecule has 0 spiro atoms. The number of nitrogens with one attached hydrogen (secondary N) is 3. The van der Waals surface area contributed by atoms with Gasteiger partial charge in [-0.05, 0) is 24.3 Å². The predicted molar refractivity (Wildman–Crippen MR) is 95.1 cm³/mol. The molecule has 6 nitrogen and oxygen atoms in total. The maximum atomic E-state index is 11.9. The van der Waals surface area contributed by atoms with Crippen LogP contribution in [-0.2, 0) is 6.42 Å². The highest BCUT2D eigenvalue weighted by molar-refractivity contribution is 5.97. The Labute approximate surface area is 143 Å². The summed E-state index contributed by atoms with van der Waals surface area (Å²) in [7, 11) is 0. The van der Waals surface area contributed by atoms with Gasteiger partial charge in [-0.1, -0.05) is 18.2 Å². The number of amides is 1. The van der Waals surface area contributed by atoms with Crippen molar-refractivity contribution in [3.05, 3.63) is 59.9 Å². The van der Waals surface area contributed by atoms with Gasteiger partial charge in [0.1, 0.15) is 0 Å². The van der Waals surface area contributed by atoms with Crippen molar-refractivity contribution in [2.45, 2.75) is 6.42 Å². The van der Waals surface area contributed by atoms with Crippen molar-refractivity contribution >= 4 is 16.8 Å². The lowest BCUT2D eigenvalue weighted by atomic mass is 10.1. The Morgan fingerprint density at radius 3 is 2.80 bits per heavy atom. The van der Waals surface area contributed by atoms with E-state index in [4.69, 9.17) is 0 Å². The highest BCUT2D eigenvalue weighted by Gasteiger charge is 2.20. The summed E-state index contributed by atoms with van der Waals surface area (Å²) in [6.07, 6.45) is 2.55. The van der Waals surface area contributed by atoms with Crippen LogP contribution in [0.5, 0.6) is 0 Å². The SMILES string of the molecule is O=C1NCCc2[nH]c(-c3ccnc(-c4cc5ccccc5[nH]4)n3)cc21. The average Bonchev–Trinajstić information content (AvgIpc) is 3.27. The van der Waals surface area contributed by atoms with Crippen molar-refractivity contribution in [3.8, 4) is 22.9 Å². The van der Waals surface area contributed by atoms with Crippen LogP contribution in [0.25, 0.3) is 33.8 Å². The molecule has 5 rings (SSSR count). The molecule has 6 heteroatoms. The zero-order valence-electron chi connectivity index (χ0n) is 13.3. The molecule has 0 fully saturated rings. The second-order valence-corrected chi connectivity index (χ2v) is 6.12. The van der Waals surface area contributed by atoms with Crippen molar-refractivity contribution in [2.75, 3.05) is 6.54 Å². The number of carbonyl (C=O) groups is 1. The van der Waals surface area contributed by atoms with E-state index < -0.39 is 0 Å². The van der Waals surface area contributed by atoms with Gasteiger partial charge in [0.05, 0.1) is 22.6 Å². The predicted octanol–water partition coefficient (Wildman–Crippen LogP) is 2.91. The molecule has 0 aliphatic carbocycles. The number of para-hydroxylation sites is 1. The lowest BCUT2D eigenvalue weighted by Gasteiger charge is -2.10. The second-order valence-electron chi connectivity index (χ2n) is 6.12. The van der Waals surface area contributed by atoms with Crippen molar-refractivity contribution in [2.24, 2.45) is 0 Å². The second kappa shape index (κ2) is 5.31. The molecule has 0 bridgehead atoms. The Morgan fingerprint density at radius 1 is 1.00 bits per heavy atom. The van der Waals surface area contributed by atoms with Gasteiger partial charge in [-0.2, -0.15) is 0 Å². The molecule has 0 atom stereocenters. The topological polar surface area (TPSA) is 86.5 Å². The largest absolute Gasteiger partial charge is 0.356 e. The summed E-state index contributed by atoms with van der Waals surface area (Å²) in [6, 6.07) is 13.8. The van der Waals surface area contributed by atoms with Gasteiger partial charge in [-0.3, -0.25) is 4.79 Å². The maximum Gasteiger partial charge on any atom is 0.253 e. The van der Waals surface area contributed by atoms with Crippen LogP contribution in [0.2, 0.25) is 0 Å². The number of rotatable bonds is 2. The average molecular weight is 329 g/mol. The molecule has 25 heavy (non-hydrogen) atoms. The number of carbonyl (C=O) groups excluding carboxylic acids is 1. The van der Waals surface area contributed by atoms with Crippen molar-refractivity contribution < 1.29 is 4.79 Å². The molecule has 1 aliphatic heterocycles. The van der Waals surface area contributed by atoms with E-state index in [0.29, 0.717) is 17.9 Å². The first kappa shape index (κ1) is 14.0. The van der Waals surface area contributed by atoms with Crippen LogP contribution < -0.4 is 5.32 Å². The van der Waals surface area contributed by atoms with Crippen LogP contribution in [0.3, 0.4) is 0 Å². The summed E-state index contributed by atoms with van der Waals surface area (Å²) in [5.41, 5.74) is 5.19. The molecule has 0 unspecified atom stereocenters. The van der Waals surface area contributed by atoms with Crippen LogP contribution in [0.15, 0.2) is 48.7 Å². The van der Waals surface area contributed by atoms with Gasteiger partial charge in [0.2, 0.25) is 0 Å². The standard InChI is InChI=1S/C19H15N5O/c25-19-12-10-16(23-14(12)5-8-21-19)15-6-7-20-18(24-15)17-9-11-3-1-2-4-13(11)22-17/h1-4,6-7,9-10,22-23H,5,8H2,(H,21,25). The third-order valence-electron chi connectivity index (χ3n) is 4.51. The summed E-state index contributed by atoms with van der Waals surface area (Å²) in [6.45, 7) is 0.663. The third-order valence-corrected chi connectivity index (χ3v) is 4.51. The van der Waals surface area contributed by atoms with E-state index in [1.807, 2.05) is 36.4 Å². The van der Waals surface area contributed by atoms with Gasteiger partial charge < -0.3 is 15.3 Å². The maximum absolute atomic E-state index is 11.9. The summed E-state index contributed by atoms with van der Waals surface area (Å²) in [5.74, 6) is 0.597. The number of nitrogens with zero attached hydrogens (tertiary/aromatic N) is 2. The minimum atomic E-state index is -0.0337. The van der Waals surface area contributed by atoms with E-state index in [1.54, 1.807) is 6.20 Å². The van der Waals surface area contributed by atoms with E-state index in [2.05, 4.69) is 31.3 Å². The molecule has 122 valence electrons. The minimum absolute atomic E-state index is 0.0337. The van der Waals surface area contributed by atoms with E-state index >= 15 is 0 Å². The van der Waals surface area contributed by atoms with Crippen LogP contribution >= 0.6 is 0 Å². The Morgan fingerprint density at radius 2 is 1.92 bits per heavy atom. The van der Waals surface area contributed by atoms with Crippen LogP contribution in [0.4, 0.5) is 0 Å². The zero-order chi connectivity index (χ0) is 16.8. The van der Waals surface area contributed by atoms with E-state index in [1.165, 1.54) is 0 Å². The molecule has 1 amide bonds. The van der Waals surface area contributed by atoms with Crippen molar-refractivity contribution in [1.82, 2.24) is 25.3 Å². The highest BCUT2D eigenvalue weighted by atomic mass is 16.1. The number of benzene rings is 1. The molecule has 4 heterocycles. The molecule has 0 saturated carbocycles. The fraction of sp³-hybridized carbons (Fsp3) is 0.105. The van der Waals surface area contributed by atoms with Gasteiger partial charge in [0.25, 0.3) is 5.91 Å². The van der Waals surface area contributed by atoms with Gasteiger partial charge in [0.15, 0.2) is 5.82 Å². The van der Waals surface area contributed by atoms with Gasteiger partial charge in [-0.25, -0.2) is 9.97 Å². The monoisotopic (exact) mass is 329 g/mol. The summed E-state index contributed by atoms with van der Waals surface area (Å²) < 4.78 is 0. The lowest BCUT2D eigenvalue weighted by Crippen LogP contribution is -2.31. The summed E-state index contributed by atoms with van der Waals surface area (Å²) in [5, 5.41) is 3.98. The number of fused-ring (bicyclic) bond motifs is 2. The van der Waals surface area contributed by atoms with Gasteiger partial charge in [-0.15, -0.1) is 0 Å². The Hall–Kier alpha value is -3.41. The normalized spacial score (nSPS) is 13.7. The first-order valence-corrected chi connectivity index (χ1v) is 8.19. The highest BCUT2D eigenvalue weighted by Crippen LogP contribution is 2.25. The number of hydrogen-bond donors (Lipinski definition) is 3. The Kier molecular flexibility index (Phi) is 2.97. The van der Waals surface area contributed by atoms with Crippen LogP contribution in [-0.4, -0.2) is 32.4 Å². The van der Waals surface area contributed by atoms with Crippen LogP contribution in [0, 0.1) is 0 Å². The van der Waals surface area contributed by atoms with Crippen molar-refractivity contribution in [1.29, 1.82) is 0 Å². The van der Waals surface area contributed by atoms with E-state index in [0.717, 1.165) is 40.1 Å². The Balaban J connectivity index is 1.58. The quantitative estimate of drug-likeness (QED) is 0.528. The minimum Gasteiger partial charge on any atom is -0.356 e. The molecule has 0 radical (unpaired) electrons. The number of H-pyrrole nitrogens is 2.